The summed E-state index contributed by atoms with van der Waals surface area (Å²) in [7, 11) is 0. The van der Waals surface area contributed by atoms with Gasteiger partial charge in [-0.15, -0.1) is 0 Å². The van der Waals surface area contributed by atoms with Gasteiger partial charge in [-0.25, -0.2) is 14.2 Å². The van der Waals surface area contributed by atoms with Crippen LogP contribution in [0.2, 0.25) is 0 Å². The van der Waals surface area contributed by atoms with E-state index < -0.39 is 12.3 Å². The lowest BCUT2D eigenvalue weighted by molar-refractivity contribution is -0.124. The van der Waals surface area contributed by atoms with Crippen molar-refractivity contribution in [2.75, 3.05) is 6.61 Å². The van der Waals surface area contributed by atoms with Crippen molar-refractivity contribution >= 4 is 29.4 Å². The summed E-state index contributed by atoms with van der Waals surface area (Å²) >= 11 is 0. The minimum atomic E-state index is -1.44. The average Bonchev–Trinajstić information content (AvgIpc) is 3.07. The largest absolute Gasteiger partial charge is 0.506 e. The fourth-order valence-corrected chi connectivity index (χ4v) is 4.27. The summed E-state index contributed by atoms with van der Waals surface area (Å²) < 4.78 is 19.5. The van der Waals surface area contributed by atoms with Crippen molar-refractivity contribution in [2.45, 2.75) is 65.7 Å². The van der Waals surface area contributed by atoms with Gasteiger partial charge >= 0.3 is 6.16 Å². The number of fused-ring (bicyclic) bond motifs is 2. The van der Waals surface area contributed by atoms with E-state index >= 15 is 0 Å². The van der Waals surface area contributed by atoms with E-state index in [1.54, 1.807) is 6.92 Å². The first-order valence-electron chi connectivity index (χ1n) is 11.2. The monoisotopic (exact) mass is 457 g/mol. The highest BCUT2D eigenvalue weighted by Gasteiger charge is 2.33. The Morgan fingerprint density at radius 1 is 1.45 bits per heavy atom. The van der Waals surface area contributed by atoms with Gasteiger partial charge in [-0.05, 0) is 50.5 Å². The molecule has 3 atom stereocenters. The average molecular weight is 458 g/mol. The highest BCUT2D eigenvalue weighted by molar-refractivity contribution is 6.00. The van der Waals surface area contributed by atoms with Crippen LogP contribution in [-0.2, 0) is 16.1 Å². The molecule has 0 saturated heterocycles. The third kappa shape index (κ3) is 5.00. The van der Waals surface area contributed by atoms with E-state index in [-0.39, 0.29) is 36.6 Å². The maximum atomic E-state index is 14.8. The molecule has 0 radical (unpaired) electrons. The van der Waals surface area contributed by atoms with Crippen LogP contribution in [0.1, 0.15) is 58.2 Å². The number of alkyl halides is 1. The van der Waals surface area contributed by atoms with Crippen molar-refractivity contribution in [3.05, 3.63) is 45.6 Å². The van der Waals surface area contributed by atoms with Crippen LogP contribution in [0.15, 0.2) is 23.8 Å². The van der Waals surface area contributed by atoms with Gasteiger partial charge in [0, 0.05) is 17.5 Å². The Morgan fingerprint density at radius 3 is 2.76 bits per heavy atom. The Morgan fingerprint density at radius 2 is 2.15 bits per heavy atom. The van der Waals surface area contributed by atoms with Crippen LogP contribution in [0, 0.1) is 5.92 Å². The highest BCUT2D eigenvalue weighted by atomic mass is 19.1. The zero-order valence-electron chi connectivity index (χ0n) is 19.7. The van der Waals surface area contributed by atoms with E-state index in [1.165, 1.54) is 11.0 Å². The molecular formula is C25H32FN3O4. The van der Waals surface area contributed by atoms with Gasteiger partial charge in [0.25, 0.3) is 5.91 Å². The van der Waals surface area contributed by atoms with Gasteiger partial charge in [0.1, 0.15) is 12.8 Å². The lowest BCUT2D eigenvalue weighted by atomic mass is 9.86. The van der Waals surface area contributed by atoms with Gasteiger partial charge in [0.15, 0.2) is 0 Å². The number of aromatic nitrogens is 1. The van der Waals surface area contributed by atoms with Crippen LogP contribution in [0.4, 0.5) is 9.18 Å². The van der Waals surface area contributed by atoms with Crippen molar-refractivity contribution in [3.63, 3.8) is 0 Å². The summed E-state index contributed by atoms with van der Waals surface area (Å²) in [5, 5.41) is 10.3. The standard InChI is InChI=1S/C25H32FN3O4/c1-6-13(2)20(12-33-25(31)32)24(30)29-11-17-9-19-18(8-7-14(3)27)15(4)21(26)10-22(19)28-23(17)16(29)5/h9-10,14-15,21H,5-8,11-12,27H2,1-4H3,(H,31,32)/b20-13+/t14-,15?,21?/m1/s1. The van der Waals surface area contributed by atoms with Gasteiger partial charge in [-0.2, -0.15) is 0 Å². The Labute approximate surface area is 193 Å². The molecule has 1 aliphatic heterocycles. The van der Waals surface area contributed by atoms with Crippen molar-refractivity contribution in [3.8, 4) is 0 Å². The lowest BCUT2D eigenvalue weighted by Gasteiger charge is -2.23. The number of nitrogens with zero attached hydrogens (tertiary/aromatic N) is 2. The number of carboxylic acid groups (broad SMARTS) is 1. The number of amides is 1. The van der Waals surface area contributed by atoms with Crippen LogP contribution in [0.25, 0.3) is 17.3 Å². The van der Waals surface area contributed by atoms with E-state index in [2.05, 4.69) is 11.6 Å². The first kappa shape index (κ1) is 24.6. The number of carbonyl (C=O) groups is 2. The van der Waals surface area contributed by atoms with E-state index in [1.807, 2.05) is 26.8 Å². The minimum Gasteiger partial charge on any atom is -0.450 e. The maximum Gasteiger partial charge on any atom is 0.506 e. The second kappa shape index (κ2) is 9.87. The zero-order valence-corrected chi connectivity index (χ0v) is 19.7. The number of rotatable bonds is 7. The third-order valence-electron chi connectivity index (χ3n) is 6.51. The van der Waals surface area contributed by atoms with E-state index in [9.17, 15) is 14.0 Å². The number of allylic oxidation sites excluding steroid dienone is 1. The molecule has 2 heterocycles. The van der Waals surface area contributed by atoms with Gasteiger partial charge in [-0.1, -0.05) is 31.6 Å². The molecule has 2 unspecified atom stereocenters. The minimum absolute atomic E-state index is 0.00688. The molecule has 0 fully saturated rings. The Kier molecular flexibility index (Phi) is 7.37. The van der Waals surface area contributed by atoms with Crippen LogP contribution >= 0.6 is 0 Å². The van der Waals surface area contributed by atoms with Gasteiger partial charge < -0.3 is 20.5 Å². The number of ether oxygens (including phenoxy) is 1. The number of nitrogens with two attached hydrogens (primary N) is 1. The SMILES string of the molecule is C=C1c2nc3c(cc2CN1C(=O)/C(COC(=O)O)=C(\C)CC)=C(CC[C@@H](C)N)C(C)C(F)C=3. The molecule has 0 spiro atoms. The molecule has 1 aromatic heterocycles. The van der Waals surface area contributed by atoms with E-state index in [0.29, 0.717) is 29.6 Å². The van der Waals surface area contributed by atoms with Crippen LogP contribution < -0.4 is 16.3 Å². The molecular weight excluding hydrogens is 425 g/mol. The smallest absolute Gasteiger partial charge is 0.450 e. The van der Waals surface area contributed by atoms with Crippen LogP contribution in [-0.4, -0.2) is 45.9 Å². The Balaban J connectivity index is 2.02. The third-order valence-corrected chi connectivity index (χ3v) is 6.51. The second-order valence-electron chi connectivity index (χ2n) is 8.87. The lowest BCUT2D eigenvalue weighted by Crippen LogP contribution is -2.40. The Bertz CT molecular complexity index is 1140. The predicted octanol–water partition coefficient (Wildman–Crippen LogP) is 2.86. The quantitative estimate of drug-likeness (QED) is 0.482. The van der Waals surface area contributed by atoms with Gasteiger partial charge in [0.05, 0.1) is 28.9 Å². The van der Waals surface area contributed by atoms with Crippen LogP contribution in [0.3, 0.4) is 0 Å². The molecule has 7 nitrogen and oxygen atoms in total. The summed E-state index contributed by atoms with van der Waals surface area (Å²) in [6.07, 6.45) is 0.941. The highest BCUT2D eigenvalue weighted by Crippen LogP contribution is 2.32. The molecule has 1 aliphatic carbocycles. The molecule has 8 heteroatoms. The fraction of sp³-hybridized carbons (Fsp3) is 0.480. The number of halogens is 1. The summed E-state index contributed by atoms with van der Waals surface area (Å²) in [6, 6.07) is 1.99. The van der Waals surface area contributed by atoms with E-state index in [0.717, 1.165) is 28.3 Å². The molecule has 178 valence electrons. The van der Waals surface area contributed by atoms with Crippen molar-refractivity contribution in [2.24, 2.45) is 11.7 Å². The normalized spacial score (nSPS) is 21.1. The molecule has 3 rings (SSSR count). The summed E-state index contributed by atoms with van der Waals surface area (Å²) in [5.41, 5.74) is 9.75. The first-order valence-corrected chi connectivity index (χ1v) is 11.2. The van der Waals surface area contributed by atoms with Crippen molar-refractivity contribution in [1.82, 2.24) is 9.88 Å². The molecule has 1 amide bonds. The van der Waals surface area contributed by atoms with Crippen LogP contribution in [0.5, 0.6) is 0 Å². The molecule has 2 aliphatic rings. The topological polar surface area (TPSA) is 106 Å². The van der Waals surface area contributed by atoms with E-state index in [4.69, 9.17) is 15.6 Å². The molecule has 0 aromatic carbocycles. The molecule has 0 bridgehead atoms. The van der Waals surface area contributed by atoms with Crippen molar-refractivity contribution < 1.29 is 23.8 Å². The van der Waals surface area contributed by atoms with Gasteiger partial charge in [-0.3, -0.25) is 4.79 Å². The number of pyridine rings is 1. The first-order chi connectivity index (χ1) is 15.5. The molecule has 3 N–H and O–H groups in total. The molecule has 33 heavy (non-hydrogen) atoms. The maximum absolute atomic E-state index is 14.8. The number of carbonyl (C=O) groups excluding carboxylic acids is 1. The number of hydrogen-bond donors (Lipinski definition) is 2. The zero-order chi connectivity index (χ0) is 24.4. The summed E-state index contributed by atoms with van der Waals surface area (Å²) in [4.78, 5) is 30.4. The Hall–Kier alpha value is -3.00. The summed E-state index contributed by atoms with van der Waals surface area (Å²) in [6.45, 7) is 11.4. The number of hydrogen-bond acceptors (Lipinski definition) is 5. The van der Waals surface area contributed by atoms with Gasteiger partial charge in [0.2, 0.25) is 0 Å². The predicted molar refractivity (Wildman–Crippen MR) is 125 cm³/mol. The summed E-state index contributed by atoms with van der Waals surface area (Å²) in [5.74, 6) is -0.633. The second-order valence-corrected chi connectivity index (χ2v) is 8.87. The van der Waals surface area contributed by atoms with Crippen molar-refractivity contribution in [1.29, 1.82) is 0 Å². The molecule has 1 aromatic rings. The molecule has 0 saturated carbocycles. The fourth-order valence-electron chi connectivity index (χ4n) is 4.27.